The number of hydrogen-bond acceptors (Lipinski definition) is 4. The summed E-state index contributed by atoms with van der Waals surface area (Å²) in [5, 5.41) is 8.53. The van der Waals surface area contributed by atoms with E-state index < -0.39 is 27.2 Å². The Morgan fingerprint density at radius 2 is 1.81 bits per heavy atom. The Morgan fingerprint density at radius 1 is 1.10 bits per heavy atom. The molecule has 0 aromatic carbocycles. The van der Waals surface area contributed by atoms with Gasteiger partial charge in [0, 0.05) is 25.2 Å². The van der Waals surface area contributed by atoms with Crippen LogP contribution in [-0.4, -0.2) is 66.2 Å². The Hall–Kier alpha value is -0.660. The number of likely N-dealkylation sites (N-methyl/N-ethyl adjacent to an activating group) is 1. The predicted octanol–water partition coefficient (Wildman–Crippen LogP) is 0.738. The average Bonchev–Trinajstić information content (AvgIpc) is 2.95. The smallest absolute Gasteiger partial charge is 0.307 e. The van der Waals surface area contributed by atoms with Crippen LogP contribution in [0, 0.1) is 5.92 Å². The van der Waals surface area contributed by atoms with Crippen molar-refractivity contribution in [3.8, 4) is 0 Å². The highest BCUT2D eigenvalue weighted by Crippen LogP contribution is 2.36. The van der Waals surface area contributed by atoms with Crippen molar-refractivity contribution in [1.82, 2.24) is 9.21 Å². The Balaban J connectivity index is 1.80. The van der Waals surface area contributed by atoms with Crippen LogP contribution in [-0.2, 0) is 14.8 Å². The van der Waals surface area contributed by atoms with Gasteiger partial charge in [-0.05, 0) is 39.2 Å². The molecule has 0 aromatic heterocycles. The SMILES string of the molecule is CN1C2CCC1CN(S(=O)(=O)C1CCCC1C(=O)O)CC2. The second-order valence-electron chi connectivity index (χ2n) is 6.66. The van der Waals surface area contributed by atoms with Gasteiger partial charge in [0.05, 0.1) is 11.2 Å². The molecule has 7 heteroatoms. The number of rotatable bonds is 3. The van der Waals surface area contributed by atoms with Gasteiger partial charge in [-0.25, -0.2) is 12.7 Å². The molecule has 0 spiro atoms. The first-order valence-corrected chi connectivity index (χ1v) is 9.35. The molecule has 2 bridgehead atoms. The summed E-state index contributed by atoms with van der Waals surface area (Å²) in [6.45, 7) is 1.06. The second-order valence-corrected chi connectivity index (χ2v) is 8.81. The fourth-order valence-electron chi connectivity index (χ4n) is 4.27. The minimum atomic E-state index is -3.50. The topological polar surface area (TPSA) is 77.9 Å². The number of fused-ring (bicyclic) bond motifs is 2. The van der Waals surface area contributed by atoms with E-state index in [-0.39, 0.29) is 6.04 Å². The van der Waals surface area contributed by atoms with Gasteiger partial charge in [0.25, 0.3) is 0 Å². The van der Waals surface area contributed by atoms with Crippen LogP contribution in [0.1, 0.15) is 38.5 Å². The Morgan fingerprint density at radius 3 is 2.52 bits per heavy atom. The van der Waals surface area contributed by atoms with E-state index in [0.717, 1.165) is 19.3 Å². The van der Waals surface area contributed by atoms with Crippen LogP contribution in [0.25, 0.3) is 0 Å². The molecule has 3 aliphatic rings. The molecule has 21 heavy (non-hydrogen) atoms. The number of carboxylic acid groups (broad SMARTS) is 1. The van der Waals surface area contributed by atoms with E-state index in [0.29, 0.717) is 38.4 Å². The van der Waals surface area contributed by atoms with Crippen molar-refractivity contribution in [2.45, 2.75) is 55.9 Å². The normalized spacial score (nSPS) is 38.5. The van der Waals surface area contributed by atoms with E-state index in [9.17, 15) is 18.3 Å². The summed E-state index contributed by atoms with van der Waals surface area (Å²) in [5.74, 6) is -1.69. The molecule has 3 rings (SSSR count). The molecule has 2 aliphatic heterocycles. The molecule has 0 radical (unpaired) electrons. The Bertz CT molecular complexity index is 521. The van der Waals surface area contributed by atoms with E-state index >= 15 is 0 Å². The maximum Gasteiger partial charge on any atom is 0.307 e. The summed E-state index contributed by atoms with van der Waals surface area (Å²) in [6.07, 6.45) is 4.71. The fraction of sp³-hybridized carbons (Fsp3) is 0.929. The van der Waals surface area contributed by atoms with Crippen LogP contribution >= 0.6 is 0 Å². The Labute approximate surface area is 126 Å². The number of carboxylic acids is 1. The maximum absolute atomic E-state index is 12.9. The van der Waals surface area contributed by atoms with Crippen molar-refractivity contribution in [2.24, 2.45) is 5.92 Å². The number of aliphatic carboxylic acids is 1. The molecule has 1 aliphatic carbocycles. The number of nitrogens with zero attached hydrogens (tertiary/aromatic N) is 2. The molecule has 0 amide bonds. The van der Waals surface area contributed by atoms with Crippen LogP contribution in [0.2, 0.25) is 0 Å². The summed E-state index contributed by atoms with van der Waals surface area (Å²) < 4.78 is 27.3. The van der Waals surface area contributed by atoms with Crippen LogP contribution in [0.5, 0.6) is 0 Å². The molecule has 120 valence electrons. The minimum absolute atomic E-state index is 0.289. The standard InChI is InChI=1S/C14H24N2O4S/c1-15-10-5-6-11(15)9-16(8-7-10)21(19,20)13-4-2-3-12(13)14(17)18/h10-13H,2-9H2,1H3,(H,17,18). The molecular formula is C14H24N2O4S. The zero-order valence-electron chi connectivity index (χ0n) is 12.4. The lowest BCUT2D eigenvalue weighted by Crippen LogP contribution is -2.46. The lowest BCUT2D eigenvalue weighted by molar-refractivity contribution is -0.141. The summed E-state index contributed by atoms with van der Waals surface area (Å²) in [5.41, 5.74) is 0. The zero-order valence-corrected chi connectivity index (χ0v) is 13.3. The average molecular weight is 316 g/mol. The lowest BCUT2D eigenvalue weighted by Gasteiger charge is -2.29. The molecule has 2 saturated heterocycles. The van der Waals surface area contributed by atoms with Gasteiger partial charge in [0.1, 0.15) is 0 Å². The summed E-state index contributed by atoms with van der Waals surface area (Å²) in [6, 6.07) is 0.769. The van der Waals surface area contributed by atoms with Crippen LogP contribution in [0.4, 0.5) is 0 Å². The van der Waals surface area contributed by atoms with Crippen molar-refractivity contribution in [3.05, 3.63) is 0 Å². The minimum Gasteiger partial charge on any atom is -0.481 e. The maximum atomic E-state index is 12.9. The van der Waals surface area contributed by atoms with Crippen LogP contribution < -0.4 is 0 Å². The third kappa shape index (κ3) is 2.59. The zero-order chi connectivity index (χ0) is 15.2. The first-order chi connectivity index (χ1) is 9.91. The lowest BCUT2D eigenvalue weighted by atomic mass is 10.1. The van der Waals surface area contributed by atoms with E-state index in [4.69, 9.17) is 0 Å². The van der Waals surface area contributed by atoms with E-state index in [1.807, 2.05) is 0 Å². The molecule has 4 atom stereocenters. The molecule has 1 saturated carbocycles. The summed E-state index contributed by atoms with van der Waals surface area (Å²) in [7, 11) is -1.42. The molecule has 2 heterocycles. The summed E-state index contributed by atoms with van der Waals surface area (Å²) >= 11 is 0. The van der Waals surface area contributed by atoms with Crippen molar-refractivity contribution in [2.75, 3.05) is 20.1 Å². The van der Waals surface area contributed by atoms with Gasteiger partial charge in [-0.3, -0.25) is 9.69 Å². The van der Waals surface area contributed by atoms with E-state index in [1.165, 1.54) is 0 Å². The second kappa shape index (κ2) is 5.52. The first kappa shape index (κ1) is 15.2. The fourth-order valence-corrected chi connectivity index (χ4v) is 6.52. The molecule has 4 unspecified atom stereocenters. The highest BCUT2D eigenvalue weighted by Gasteiger charge is 2.46. The predicted molar refractivity (Wildman–Crippen MR) is 78.4 cm³/mol. The number of hydrogen-bond donors (Lipinski definition) is 1. The van der Waals surface area contributed by atoms with Gasteiger partial charge in [-0.15, -0.1) is 0 Å². The third-order valence-corrected chi connectivity index (χ3v) is 8.00. The van der Waals surface area contributed by atoms with E-state index in [2.05, 4.69) is 11.9 Å². The summed E-state index contributed by atoms with van der Waals surface area (Å²) in [4.78, 5) is 13.6. The monoisotopic (exact) mass is 316 g/mol. The number of sulfonamides is 1. The van der Waals surface area contributed by atoms with Gasteiger partial charge < -0.3 is 5.11 Å². The van der Waals surface area contributed by atoms with Crippen molar-refractivity contribution >= 4 is 16.0 Å². The highest BCUT2D eigenvalue weighted by atomic mass is 32.2. The molecule has 1 N–H and O–H groups in total. The third-order valence-electron chi connectivity index (χ3n) is 5.62. The molecular weight excluding hydrogens is 292 g/mol. The first-order valence-electron chi connectivity index (χ1n) is 7.85. The highest BCUT2D eigenvalue weighted by molar-refractivity contribution is 7.89. The van der Waals surface area contributed by atoms with Gasteiger partial charge in [-0.2, -0.15) is 0 Å². The van der Waals surface area contributed by atoms with Gasteiger partial charge in [0.15, 0.2) is 0 Å². The van der Waals surface area contributed by atoms with Crippen molar-refractivity contribution in [1.29, 1.82) is 0 Å². The van der Waals surface area contributed by atoms with E-state index in [1.54, 1.807) is 4.31 Å². The van der Waals surface area contributed by atoms with Crippen LogP contribution in [0.15, 0.2) is 0 Å². The molecule has 0 aromatic rings. The number of carbonyl (C=O) groups is 1. The van der Waals surface area contributed by atoms with Gasteiger partial charge >= 0.3 is 5.97 Å². The van der Waals surface area contributed by atoms with Gasteiger partial charge in [0.2, 0.25) is 10.0 Å². The van der Waals surface area contributed by atoms with Gasteiger partial charge in [-0.1, -0.05) is 6.42 Å². The van der Waals surface area contributed by atoms with Crippen molar-refractivity contribution < 1.29 is 18.3 Å². The largest absolute Gasteiger partial charge is 0.481 e. The van der Waals surface area contributed by atoms with Crippen LogP contribution in [0.3, 0.4) is 0 Å². The molecule has 3 fully saturated rings. The Kier molecular flexibility index (Phi) is 4.00. The molecule has 6 nitrogen and oxygen atoms in total. The van der Waals surface area contributed by atoms with Crippen molar-refractivity contribution in [3.63, 3.8) is 0 Å². The quantitative estimate of drug-likeness (QED) is 0.831.